The van der Waals surface area contributed by atoms with Crippen molar-refractivity contribution in [2.75, 3.05) is 14.2 Å². The molecular weight excluding hydrogens is 459 g/mol. The highest BCUT2D eigenvalue weighted by atomic mass is 35.5. The molecule has 1 aliphatic rings. The molecule has 0 aliphatic heterocycles. The topological polar surface area (TPSA) is 78.9 Å². The normalized spacial score (nSPS) is 15.7. The van der Waals surface area contributed by atoms with Crippen molar-refractivity contribution in [1.82, 2.24) is 0 Å². The molecule has 1 atom stereocenters. The molecule has 1 aromatic rings. The van der Waals surface area contributed by atoms with Crippen LogP contribution in [0.4, 0.5) is 0 Å². The van der Waals surface area contributed by atoms with E-state index in [1.165, 1.54) is 20.3 Å². The summed E-state index contributed by atoms with van der Waals surface area (Å²) in [5.74, 6) is -2.03. The van der Waals surface area contributed by atoms with E-state index < -0.39 is 30.9 Å². The molecular formula is C22H28Cl2O6Si. The molecule has 0 bridgehead atoms. The van der Waals surface area contributed by atoms with E-state index in [1.54, 1.807) is 0 Å². The zero-order valence-corrected chi connectivity index (χ0v) is 21.6. The summed E-state index contributed by atoms with van der Waals surface area (Å²) in [6, 6.07) is 1.49. The molecule has 2 rings (SSSR count). The molecule has 31 heavy (non-hydrogen) atoms. The summed E-state index contributed by atoms with van der Waals surface area (Å²) in [5.41, 5.74) is 0.484. The van der Waals surface area contributed by atoms with Crippen LogP contribution >= 0.6 is 23.2 Å². The van der Waals surface area contributed by atoms with Gasteiger partial charge in [-0.15, -0.1) is 0 Å². The van der Waals surface area contributed by atoms with Gasteiger partial charge in [0.2, 0.25) is 11.6 Å². The fourth-order valence-electron chi connectivity index (χ4n) is 3.27. The number of ether oxygens (including phenoxy) is 2. The van der Waals surface area contributed by atoms with E-state index in [1.807, 2.05) is 6.92 Å². The predicted octanol–water partition coefficient (Wildman–Crippen LogP) is 5.50. The van der Waals surface area contributed by atoms with Crippen LogP contribution in [0.25, 0.3) is 0 Å². The van der Waals surface area contributed by atoms with Crippen molar-refractivity contribution >= 4 is 49.1 Å². The quantitative estimate of drug-likeness (QED) is 0.389. The highest BCUT2D eigenvalue weighted by Crippen LogP contribution is 2.41. The third-order valence-corrected chi connectivity index (χ3v) is 11.3. The number of benzene rings is 1. The van der Waals surface area contributed by atoms with Crippen LogP contribution in [-0.4, -0.2) is 46.2 Å². The van der Waals surface area contributed by atoms with E-state index in [4.69, 9.17) is 37.1 Å². The van der Waals surface area contributed by atoms with Gasteiger partial charge in [-0.2, -0.15) is 0 Å². The summed E-state index contributed by atoms with van der Waals surface area (Å²) >= 11 is 12.0. The van der Waals surface area contributed by atoms with Crippen molar-refractivity contribution in [2.24, 2.45) is 0 Å². The van der Waals surface area contributed by atoms with Gasteiger partial charge < -0.3 is 13.9 Å². The fourth-order valence-corrected chi connectivity index (χ4v) is 5.08. The number of esters is 1. The van der Waals surface area contributed by atoms with Gasteiger partial charge >= 0.3 is 5.97 Å². The van der Waals surface area contributed by atoms with Crippen LogP contribution in [0.1, 0.15) is 64.3 Å². The summed E-state index contributed by atoms with van der Waals surface area (Å²) in [6.07, 6.45) is 0.0352. The van der Waals surface area contributed by atoms with Crippen LogP contribution in [0, 0.1) is 0 Å². The number of carbonyl (C=O) groups excluding carboxylic acids is 3. The molecule has 1 aromatic carbocycles. The molecule has 9 heteroatoms. The average molecular weight is 487 g/mol. The second-order valence-electron chi connectivity index (χ2n) is 9.04. The first-order valence-corrected chi connectivity index (χ1v) is 13.5. The Morgan fingerprint density at radius 1 is 1.10 bits per heavy atom. The van der Waals surface area contributed by atoms with Gasteiger partial charge in [-0.3, -0.25) is 9.59 Å². The Morgan fingerprint density at radius 2 is 1.65 bits per heavy atom. The second kappa shape index (κ2) is 9.06. The van der Waals surface area contributed by atoms with Gasteiger partial charge in [0.25, 0.3) is 0 Å². The molecule has 1 aliphatic carbocycles. The monoisotopic (exact) mass is 486 g/mol. The summed E-state index contributed by atoms with van der Waals surface area (Å²) in [7, 11) is 0.462. The molecule has 170 valence electrons. The second-order valence-corrected chi connectivity index (χ2v) is 14.5. The summed E-state index contributed by atoms with van der Waals surface area (Å²) < 4.78 is 16.8. The molecule has 0 saturated carbocycles. The Kier molecular flexibility index (Phi) is 7.48. The van der Waals surface area contributed by atoms with Crippen molar-refractivity contribution in [3.63, 3.8) is 0 Å². The third kappa shape index (κ3) is 4.74. The average Bonchev–Trinajstić information content (AvgIpc) is 2.67. The summed E-state index contributed by atoms with van der Waals surface area (Å²) in [4.78, 5) is 38.2. The maximum Gasteiger partial charge on any atom is 0.341 e. The molecule has 6 nitrogen and oxygen atoms in total. The highest BCUT2D eigenvalue weighted by Gasteiger charge is 2.40. The minimum Gasteiger partial charge on any atom is -0.495 e. The number of carbonyl (C=O) groups is 3. The van der Waals surface area contributed by atoms with Crippen molar-refractivity contribution < 1.29 is 28.3 Å². The number of halogens is 2. The van der Waals surface area contributed by atoms with Crippen molar-refractivity contribution in [3.05, 3.63) is 38.4 Å². The van der Waals surface area contributed by atoms with Gasteiger partial charge in [-0.25, -0.2) is 4.79 Å². The maximum absolute atomic E-state index is 12.8. The highest BCUT2D eigenvalue weighted by molar-refractivity contribution is 6.74. The van der Waals surface area contributed by atoms with Gasteiger partial charge in [-0.1, -0.05) is 44.0 Å². The molecule has 0 saturated heterocycles. The summed E-state index contributed by atoms with van der Waals surface area (Å²) in [5, 5.41) is -0.767. The van der Waals surface area contributed by atoms with E-state index in [9.17, 15) is 14.4 Å². The fraction of sp³-hybridized carbons (Fsp3) is 0.500. The van der Waals surface area contributed by atoms with E-state index in [0.717, 1.165) is 0 Å². The predicted molar refractivity (Wildman–Crippen MR) is 123 cm³/mol. The molecule has 0 unspecified atom stereocenters. The number of methoxy groups -OCH3 is 2. The van der Waals surface area contributed by atoms with Gasteiger partial charge in [0.05, 0.1) is 19.8 Å². The van der Waals surface area contributed by atoms with Crippen molar-refractivity contribution in [2.45, 2.75) is 58.4 Å². The van der Waals surface area contributed by atoms with E-state index in [2.05, 4.69) is 33.9 Å². The number of Topliss-reactive ketones (excluding diaryl/α,β-unsaturated/α-hetero) is 2. The van der Waals surface area contributed by atoms with Gasteiger partial charge in [0, 0.05) is 11.7 Å². The Labute approximate surface area is 194 Å². The van der Waals surface area contributed by atoms with Gasteiger partial charge in [0.15, 0.2) is 8.32 Å². The van der Waals surface area contributed by atoms with Gasteiger partial charge in [0.1, 0.15) is 21.4 Å². The Hall–Kier alpha value is -1.67. The summed E-state index contributed by atoms with van der Waals surface area (Å²) in [6.45, 7) is 12.6. The maximum atomic E-state index is 12.8. The number of ketones is 2. The van der Waals surface area contributed by atoms with Crippen molar-refractivity contribution in [3.8, 4) is 5.75 Å². The van der Waals surface area contributed by atoms with Crippen molar-refractivity contribution in [1.29, 1.82) is 0 Å². The standard InChI is InChI=1S/C22H28Cl2O6Si/c1-11(30-31(7,8)22(2,3)4)9-12-10-13-15(19(26)17(24)16(23)18(13)25)20(28-5)14(12)21(27)29-6/h10-11H,9H2,1-8H3/t11-/m1/s1. The molecule has 0 N–H and O–H groups in total. The Bertz CT molecular complexity index is 975. The molecule has 0 radical (unpaired) electrons. The Morgan fingerprint density at radius 3 is 2.13 bits per heavy atom. The van der Waals surface area contributed by atoms with E-state index in [0.29, 0.717) is 12.0 Å². The molecule has 0 fully saturated rings. The first kappa shape index (κ1) is 25.6. The van der Waals surface area contributed by atoms with Crippen LogP contribution in [0.5, 0.6) is 5.75 Å². The lowest BCUT2D eigenvalue weighted by Crippen LogP contribution is -2.43. The van der Waals surface area contributed by atoms with Crippen LogP contribution in [0.15, 0.2) is 16.1 Å². The molecule has 0 aromatic heterocycles. The number of fused-ring (bicyclic) bond motifs is 1. The first-order valence-electron chi connectivity index (χ1n) is 9.82. The number of rotatable bonds is 6. The number of hydrogen-bond donors (Lipinski definition) is 0. The SMILES string of the molecule is COC(=O)c1c(C[C@@H](C)O[Si](C)(C)C(C)(C)C)cc2c(c1OC)C(=O)C(Cl)=C(Cl)C2=O. The lowest BCUT2D eigenvalue weighted by Gasteiger charge is -2.38. The molecule has 0 amide bonds. The lowest BCUT2D eigenvalue weighted by atomic mass is 9.87. The lowest BCUT2D eigenvalue weighted by molar-refractivity contribution is 0.0594. The molecule has 0 heterocycles. The van der Waals surface area contributed by atoms with Crippen LogP contribution in [-0.2, 0) is 15.6 Å². The van der Waals surface area contributed by atoms with Crippen LogP contribution in [0.2, 0.25) is 18.1 Å². The van der Waals surface area contributed by atoms with Gasteiger partial charge in [-0.05, 0) is 43.1 Å². The smallest absolute Gasteiger partial charge is 0.341 e. The van der Waals surface area contributed by atoms with Crippen LogP contribution in [0.3, 0.4) is 0 Å². The van der Waals surface area contributed by atoms with E-state index >= 15 is 0 Å². The Balaban J connectivity index is 2.66. The zero-order valence-electron chi connectivity index (χ0n) is 19.1. The van der Waals surface area contributed by atoms with Crippen LogP contribution < -0.4 is 4.74 Å². The van der Waals surface area contributed by atoms with E-state index in [-0.39, 0.29) is 38.6 Å². The minimum absolute atomic E-state index is 0.00254. The third-order valence-electron chi connectivity index (χ3n) is 5.83. The zero-order chi connectivity index (χ0) is 23.9. The minimum atomic E-state index is -2.08. The molecule has 0 spiro atoms. The number of hydrogen-bond acceptors (Lipinski definition) is 6. The number of allylic oxidation sites excluding steroid dienone is 2. The first-order chi connectivity index (χ1) is 14.2. The largest absolute Gasteiger partial charge is 0.495 e.